The molecule has 1 aromatic carbocycles. The smallest absolute Gasteiger partial charge is 0.230 e. The zero-order valence-corrected chi connectivity index (χ0v) is 16.5. The molecule has 1 unspecified atom stereocenters. The first-order valence-corrected chi connectivity index (χ1v) is 9.58. The summed E-state index contributed by atoms with van der Waals surface area (Å²) < 4.78 is 1.02. The first kappa shape index (κ1) is 18.0. The van der Waals surface area contributed by atoms with Gasteiger partial charge in [0.15, 0.2) is 0 Å². The highest BCUT2D eigenvalue weighted by atomic mass is 79.9. The number of aromatic nitrogens is 1. The molecule has 0 saturated heterocycles. The molecule has 25 heavy (non-hydrogen) atoms. The van der Waals surface area contributed by atoms with E-state index in [1.54, 1.807) is 0 Å². The van der Waals surface area contributed by atoms with Crippen molar-refractivity contribution in [2.75, 3.05) is 26.7 Å². The van der Waals surface area contributed by atoms with Crippen molar-refractivity contribution in [2.24, 2.45) is 5.92 Å². The number of hydrogen-bond acceptors (Lipinski definition) is 3. The monoisotopic (exact) mass is 404 g/mol. The Hall–Kier alpha value is -1.79. The van der Waals surface area contributed by atoms with Gasteiger partial charge in [0.05, 0.1) is 10.5 Å². The van der Waals surface area contributed by atoms with Crippen LogP contribution in [0.3, 0.4) is 0 Å². The molecule has 0 aliphatic carbocycles. The molecule has 0 saturated carbocycles. The van der Waals surface area contributed by atoms with Gasteiger partial charge in [-0.3, -0.25) is 4.79 Å². The molecule has 1 aliphatic heterocycles. The molecule has 0 fully saturated rings. The molecular weight excluding hydrogens is 380 g/mol. The molecule has 1 aromatic heterocycles. The van der Waals surface area contributed by atoms with E-state index in [2.05, 4.69) is 49.8 Å². The molecular formula is C19H25BrN4O. The van der Waals surface area contributed by atoms with E-state index in [1.165, 1.54) is 10.9 Å². The number of aromatic amines is 1. The third-order valence-electron chi connectivity index (χ3n) is 4.81. The normalized spacial score (nSPS) is 16.1. The molecule has 5 nitrogen and oxygen atoms in total. The fourth-order valence-corrected chi connectivity index (χ4v) is 4.06. The van der Waals surface area contributed by atoms with Crippen LogP contribution in [0.4, 0.5) is 0 Å². The number of rotatable bonds is 6. The van der Waals surface area contributed by atoms with Gasteiger partial charge in [-0.05, 0) is 49.0 Å². The van der Waals surface area contributed by atoms with E-state index in [1.807, 2.05) is 31.9 Å². The molecule has 3 N–H and O–H groups in total. The second kappa shape index (κ2) is 7.62. The number of benzene rings is 1. The SMILES string of the molecule is CCN(CC)C(=O)C(/C=C1\NCc2c(Br)[nH]c3cccc1c23)CNC. The van der Waals surface area contributed by atoms with Gasteiger partial charge in [-0.25, -0.2) is 0 Å². The summed E-state index contributed by atoms with van der Waals surface area (Å²) in [6.07, 6.45) is 2.08. The van der Waals surface area contributed by atoms with Crippen LogP contribution in [0.25, 0.3) is 16.6 Å². The minimum absolute atomic E-state index is 0.168. The van der Waals surface area contributed by atoms with Crippen molar-refractivity contribution in [3.63, 3.8) is 0 Å². The van der Waals surface area contributed by atoms with Crippen molar-refractivity contribution in [1.29, 1.82) is 0 Å². The van der Waals surface area contributed by atoms with Crippen LogP contribution >= 0.6 is 15.9 Å². The summed E-state index contributed by atoms with van der Waals surface area (Å²) in [5, 5.41) is 7.88. The molecule has 0 bridgehead atoms. The minimum atomic E-state index is -0.188. The maximum absolute atomic E-state index is 12.9. The Morgan fingerprint density at radius 1 is 1.40 bits per heavy atom. The maximum atomic E-state index is 12.9. The Bertz CT molecular complexity index is 807. The molecule has 6 heteroatoms. The average Bonchev–Trinajstić information content (AvgIpc) is 2.94. The summed E-state index contributed by atoms with van der Waals surface area (Å²) in [7, 11) is 1.89. The zero-order valence-electron chi connectivity index (χ0n) is 14.9. The molecule has 0 spiro atoms. The van der Waals surface area contributed by atoms with Gasteiger partial charge in [0, 0.05) is 53.9 Å². The van der Waals surface area contributed by atoms with Gasteiger partial charge < -0.3 is 20.5 Å². The van der Waals surface area contributed by atoms with Crippen LogP contribution in [0.2, 0.25) is 0 Å². The van der Waals surface area contributed by atoms with Gasteiger partial charge in [0.25, 0.3) is 0 Å². The number of carbonyl (C=O) groups is 1. The summed E-state index contributed by atoms with van der Waals surface area (Å²) >= 11 is 3.61. The van der Waals surface area contributed by atoms with Crippen LogP contribution in [0.1, 0.15) is 25.0 Å². The first-order valence-electron chi connectivity index (χ1n) is 8.79. The number of carbonyl (C=O) groups excluding carboxylic acids is 1. The van der Waals surface area contributed by atoms with Crippen molar-refractivity contribution in [1.82, 2.24) is 20.5 Å². The number of H-pyrrole nitrogens is 1. The molecule has 1 aliphatic rings. The van der Waals surface area contributed by atoms with Gasteiger partial charge in [0.1, 0.15) is 0 Å². The second-order valence-corrected chi connectivity index (χ2v) is 7.05. The molecule has 3 rings (SSSR count). The zero-order chi connectivity index (χ0) is 18.0. The first-order chi connectivity index (χ1) is 12.1. The van der Waals surface area contributed by atoms with Crippen molar-refractivity contribution in [2.45, 2.75) is 20.4 Å². The lowest BCUT2D eigenvalue weighted by molar-refractivity contribution is -0.133. The highest BCUT2D eigenvalue weighted by Gasteiger charge is 2.24. The van der Waals surface area contributed by atoms with E-state index in [4.69, 9.17) is 0 Å². The van der Waals surface area contributed by atoms with E-state index in [-0.39, 0.29) is 11.8 Å². The van der Waals surface area contributed by atoms with Crippen molar-refractivity contribution >= 4 is 38.4 Å². The summed E-state index contributed by atoms with van der Waals surface area (Å²) in [6.45, 7) is 6.88. The number of hydrogen-bond donors (Lipinski definition) is 3. The number of nitrogens with zero attached hydrogens (tertiary/aromatic N) is 1. The third kappa shape index (κ3) is 3.33. The molecule has 2 heterocycles. The molecule has 0 radical (unpaired) electrons. The van der Waals surface area contributed by atoms with E-state index in [0.717, 1.165) is 41.0 Å². The van der Waals surface area contributed by atoms with Crippen LogP contribution in [-0.4, -0.2) is 42.5 Å². The van der Waals surface area contributed by atoms with Crippen molar-refractivity contribution < 1.29 is 4.79 Å². The highest BCUT2D eigenvalue weighted by molar-refractivity contribution is 9.10. The van der Waals surface area contributed by atoms with Crippen LogP contribution in [0, 0.1) is 5.92 Å². The predicted octanol–water partition coefficient (Wildman–Crippen LogP) is 3.08. The van der Waals surface area contributed by atoms with Crippen molar-refractivity contribution in [3.8, 4) is 0 Å². The van der Waals surface area contributed by atoms with Gasteiger partial charge >= 0.3 is 0 Å². The summed E-state index contributed by atoms with van der Waals surface area (Å²) in [5.74, 6) is -0.0199. The topological polar surface area (TPSA) is 60.2 Å². The van der Waals surface area contributed by atoms with E-state index >= 15 is 0 Å². The van der Waals surface area contributed by atoms with E-state index < -0.39 is 0 Å². The van der Waals surface area contributed by atoms with E-state index in [9.17, 15) is 4.79 Å². The van der Waals surface area contributed by atoms with Crippen molar-refractivity contribution in [3.05, 3.63) is 40.0 Å². The molecule has 1 amide bonds. The third-order valence-corrected chi connectivity index (χ3v) is 5.48. The van der Waals surface area contributed by atoms with Gasteiger partial charge in [-0.1, -0.05) is 12.1 Å². The minimum Gasteiger partial charge on any atom is -0.381 e. The quantitative estimate of drug-likeness (QED) is 0.693. The molecule has 134 valence electrons. The average molecular weight is 405 g/mol. The lowest BCUT2D eigenvalue weighted by atomic mass is 9.96. The maximum Gasteiger partial charge on any atom is 0.230 e. The number of amides is 1. The van der Waals surface area contributed by atoms with Crippen LogP contribution < -0.4 is 10.6 Å². The summed E-state index contributed by atoms with van der Waals surface area (Å²) in [5.41, 5.74) is 4.54. The second-order valence-electron chi connectivity index (χ2n) is 6.25. The number of halogens is 1. The standard InChI is InChI=1S/C19H25BrN4O/c1-4-24(5-2)19(25)12(10-21-3)9-16-13-7-6-8-15-17(13)14(11-22-16)18(20)23-15/h6-9,12,21-23H,4-5,10-11H2,1-3H3/b16-9-. The highest BCUT2D eigenvalue weighted by Crippen LogP contribution is 2.35. The number of nitrogens with one attached hydrogen (secondary N) is 3. The van der Waals surface area contributed by atoms with Gasteiger partial charge in [-0.15, -0.1) is 0 Å². The summed E-state index contributed by atoms with van der Waals surface area (Å²) in [4.78, 5) is 18.1. The molecule has 2 aromatic rings. The largest absolute Gasteiger partial charge is 0.381 e. The Labute approximate surface area is 157 Å². The van der Waals surface area contributed by atoms with E-state index in [0.29, 0.717) is 6.54 Å². The Balaban J connectivity index is 2.02. The molecule has 1 atom stereocenters. The fourth-order valence-electron chi connectivity index (χ4n) is 3.51. The Morgan fingerprint density at radius 3 is 2.84 bits per heavy atom. The lowest BCUT2D eigenvalue weighted by Gasteiger charge is -2.25. The Kier molecular flexibility index (Phi) is 5.49. The summed E-state index contributed by atoms with van der Waals surface area (Å²) in [6, 6.07) is 6.25. The van der Waals surface area contributed by atoms with Crippen LogP contribution in [0.5, 0.6) is 0 Å². The Morgan fingerprint density at radius 2 is 2.16 bits per heavy atom. The predicted molar refractivity (Wildman–Crippen MR) is 106 cm³/mol. The van der Waals surface area contributed by atoms with Gasteiger partial charge in [0.2, 0.25) is 5.91 Å². The van der Waals surface area contributed by atoms with Gasteiger partial charge in [-0.2, -0.15) is 0 Å². The fraction of sp³-hybridized carbons (Fsp3) is 0.421. The lowest BCUT2D eigenvalue weighted by Crippen LogP contribution is -2.39. The van der Waals surface area contributed by atoms with Crippen LogP contribution in [0.15, 0.2) is 28.9 Å². The van der Waals surface area contributed by atoms with Crippen LogP contribution in [-0.2, 0) is 11.3 Å².